The Labute approximate surface area is 145 Å². The topological polar surface area (TPSA) is 54.9 Å². The van der Waals surface area contributed by atoms with E-state index in [1.54, 1.807) is 18.3 Å². The average molecular weight is 375 g/mol. The maximum Gasteiger partial charge on any atom is 0.405 e. The first-order chi connectivity index (χ1) is 11.3. The van der Waals surface area contributed by atoms with Gasteiger partial charge in [-0.25, -0.2) is 9.97 Å². The van der Waals surface area contributed by atoms with Gasteiger partial charge in [-0.3, -0.25) is 4.79 Å². The molecule has 0 saturated heterocycles. The molecule has 0 aliphatic heterocycles. The summed E-state index contributed by atoms with van der Waals surface area (Å²) in [6.07, 6.45) is 1.31. The third-order valence-corrected chi connectivity index (χ3v) is 6.14. The zero-order valence-corrected chi connectivity index (χ0v) is 14.6. The van der Waals surface area contributed by atoms with Gasteiger partial charge in [0.15, 0.2) is 0 Å². The summed E-state index contributed by atoms with van der Waals surface area (Å²) in [6.45, 7) is 0.271. The second-order valence-corrected chi connectivity index (χ2v) is 8.08. The fourth-order valence-electron chi connectivity index (χ4n) is 2.70. The SMILES string of the molecule is CC(Sc1ncnc2sc3c(c12)CCCC3)C(=O)NCC(F)(F)F. The standard InChI is InChI=1S/C15H16F3N3OS2/c1-8(12(22)19-6-15(16,17)18)23-13-11-9-4-2-3-5-10(9)24-14(11)21-7-20-13/h7-8H,2-6H2,1H3,(H,19,22). The molecule has 2 heterocycles. The first-order valence-electron chi connectivity index (χ1n) is 7.61. The number of thioether (sulfide) groups is 1. The van der Waals surface area contributed by atoms with Gasteiger partial charge in [-0.2, -0.15) is 13.2 Å². The molecule has 1 N–H and O–H groups in total. The van der Waals surface area contributed by atoms with E-state index < -0.39 is 23.9 Å². The first-order valence-corrected chi connectivity index (χ1v) is 9.31. The third-order valence-electron chi connectivity index (χ3n) is 3.84. The largest absolute Gasteiger partial charge is 0.405 e. The molecule has 1 aliphatic rings. The van der Waals surface area contributed by atoms with E-state index >= 15 is 0 Å². The zero-order chi connectivity index (χ0) is 17.3. The van der Waals surface area contributed by atoms with E-state index in [9.17, 15) is 18.0 Å². The summed E-state index contributed by atoms with van der Waals surface area (Å²) in [7, 11) is 0. The number of fused-ring (bicyclic) bond motifs is 3. The van der Waals surface area contributed by atoms with E-state index in [1.165, 1.54) is 28.5 Å². The number of carbonyl (C=O) groups excluding carboxylic acids is 1. The van der Waals surface area contributed by atoms with E-state index in [1.807, 2.05) is 5.32 Å². The molecule has 130 valence electrons. The summed E-state index contributed by atoms with van der Waals surface area (Å²) >= 11 is 2.83. The van der Waals surface area contributed by atoms with Crippen LogP contribution < -0.4 is 5.32 Å². The Balaban J connectivity index is 1.80. The van der Waals surface area contributed by atoms with Gasteiger partial charge in [0.1, 0.15) is 22.7 Å². The van der Waals surface area contributed by atoms with Gasteiger partial charge >= 0.3 is 6.18 Å². The minimum atomic E-state index is -4.41. The number of nitrogens with one attached hydrogen (secondary N) is 1. The molecule has 0 aromatic carbocycles. The van der Waals surface area contributed by atoms with Crippen molar-refractivity contribution >= 4 is 39.2 Å². The molecule has 0 bridgehead atoms. The smallest absolute Gasteiger partial charge is 0.346 e. The second-order valence-electron chi connectivity index (χ2n) is 5.66. The van der Waals surface area contributed by atoms with E-state index in [4.69, 9.17) is 0 Å². The van der Waals surface area contributed by atoms with Crippen LogP contribution in [-0.4, -0.2) is 33.8 Å². The number of amides is 1. The number of hydrogen-bond donors (Lipinski definition) is 1. The van der Waals surface area contributed by atoms with Gasteiger partial charge in [0.2, 0.25) is 5.91 Å². The van der Waals surface area contributed by atoms with Crippen LogP contribution >= 0.6 is 23.1 Å². The van der Waals surface area contributed by atoms with Crippen molar-refractivity contribution in [2.45, 2.75) is 49.1 Å². The summed E-state index contributed by atoms with van der Waals surface area (Å²) < 4.78 is 36.7. The molecule has 2 aromatic rings. The van der Waals surface area contributed by atoms with Crippen molar-refractivity contribution in [2.24, 2.45) is 0 Å². The highest BCUT2D eigenvalue weighted by atomic mass is 32.2. The van der Waals surface area contributed by atoms with Crippen molar-refractivity contribution in [1.29, 1.82) is 0 Å². The fraction of sp³-hybridized carbons (Fsp3) is 0.533. The van der Waals surface area contributed by atoms with Gasteiger partial charge in [-0.05, 0) is 38.2 Å². The fourth-order valence-corrected chi connectivity index (χ4v) is 4.97. The highest BCUT2D eigenvalue weighted by Gasteiger charge is 2.29. The molecule has 4 nitrogen and oxygen atoms in total. The molecule has 3 rings (SSSR count). The van der Waals surface area contributed by atoms with Crippen molar-refractivity contribution in [3.05, 3.63) is 16.8 Å². The minimum absolute atomic E-state index is 0.645. The summed E-state index contributed by atoms with van der Waals surface area (Å²) in [6, 6.07) is 0. The highest BCUT2D eigenvalue weighted by molar-refractivity contribution is 8.00. The molecular weight excluding hydrogens is 359 g/mol. The lowest BCUT2D eigenvalue weighted by molar-refractivity contribution is -0.137. The van der Waals surface area contributed by atoms with E-state index in [0.717, 1.165) is 35.9 Å². The molecule has 9 heteroatoms. The Morgan fingerprint density at radius 1 is 1.38 bits per heavy atom. The summed E-state index contributed by atoms with van der Waals surface area (Å²) in [4.78, 5) is 22.7. The van der Waals surface area contributed by atoms with Crippen LogP contribution in [0.4, 0.5) is 13.2 Å². The number of hydrogen-bond acceptors (Lipinski definition) is 5. The molecule has 1 atom stereocenters. The molecule has 0 saturated carbocycles. The minimum Gasteiger partial charge on any atom is -0.346 e. The molecule has 0 radical (unpaired) electrons. The van der Waals surface area contributed by atoms with Crippen molar-refractivity contribution in [2.75, 3.05) is 6.54 Å². The maximum atomic E-state index is 12.2. The normalized spacial score (nSPS) is 16.0. The Bertz CT molecular complexity index is 760. The van der Waals surface area contributed by atoms with Gasteiger partial charge in [-0.1, -0.05) is 11.8 Å². The molecule has 0 spiro atoms. The van der Waals surface area contributed by atoms with Gasteiger partial charge < -0.3 is 5.32 Å². The number of alkyl halides is 3. The first kappa shape index (κ1) is 17.5. The zero-order valence-electron chi connectivity index (χ0n) is 12.9. The van der Waals surface area contributed by atoms with Crippen LogP contribution in [0.2, 0.25) is 0 Å². The summed E-state index contributed by atoms with van der Waals surface area (Å²) in [5.74, 6) is -0.645. The van der Waals surface area contributed by atoms with Gasteiger partial charge in [-0.15, -0.1) is 11.3 Å². The average Bonchev–Trinajstić information content (AvgIpc) is 2.91. The number of nitrogens with zero attached hydrogens (tertiary/aromatic N) is 2. The lowest BCUT2D eigenvalue weighted by Crippen LogP contribution is -2.38. The molecular formula is C15H16F3N3OS2. The number of aryl methyl sites for hydroxylation is 2. The third kappa shape index (κ3) is 3.83. The van der Waals surface area contributed by atoms with Crippen LogP contribution in [0.25, 0.3) is 10.2 Å². The van der Waals surface area contributed by atoms with Crippen molar-refractivity contribution in [1.82, 2.24) is 15.3 Å². The highest BCUT2D eigenvalue weighted by Crippen LogP contribution is 2.40. The maximum absolute atomic E-state index is 12.2. The molecule has 24 heavy (non-hydrogen) atoms. The van der Waals surface area contributed by atoms with Crippen LogP contribution in [0.5, 0.6) is 0 Å². The Morgan fingerprint density at radius 3 is 2.88 bits per heavy atom. The van der Waals surface area contributed by atoms with Crippen molar-refractivity contribution in [3.63, 3.8) is 0 Å². The van der Waals surface area contributed by atoms with Gasteiger partial charge in [0.05, 0.1) is 5.25 Å². The Morgan fingerprint density at radius 2 is 2.12 bits per heavy atom. The summed E-state index contributed by atoms with van der Waals surface area (Å²) in [5.41, 5.74) is 1.24. The summed E-state index contributed by atoms with van der Waals surface area (Å²) in [5, 5.41) is 2.90. The van der Waals surface area contributed by atoms with Crippen LogP contribution in [-0.2, 0) is 17.6 Å². The molecule has 0 fully saturated rings. The van der Waals surface area contributed by atoms with Crippen molar-refractivity contribution < 1.29 is 18.0 Å². The number of carbonyl (C=O) groups is 1. The van der Waals surface area contributed by atoms with Crippen LogP contribution in [0.1, 0.15) is 30.2 Å². The lowest BCUT2D eigenvalue weighted by atomic mass is 9.97. The predicted octanol–water partition coefficient (Wildman–Crippen LogP) is 3.73. The van der Waals surface area contributed by atoms with Crippen LogP contribution in [0.15, 0.2) is 11.4 Å². The van der Waals surface area contributed by atoms with Crippen LogP contribution in [0.3, 0.4) is 0 Å². The van der Waals surface area contributed by atoms with Gasteiger partial charge in [0, 0.05) is 10.3 Å². The van der Waals surface area contributed by atoms with Crippen molar-refractivity contribution in [3.8, 4) is 0 Å². The van der Waals surface area contributed by atoms with E-state index in [0.29, 0.717) is 5.03 Å². The number of rotatable bonds is 4. The predicted molar refractivity (Wildman–Crippen MR) is 88.4 cm³/mol. The number of thiophene rings is 1. The monoisotopic (exact) mass is 375 g/mol. The van der Waals surface area contributed by atoms with Gasteiger partial charge in [0.25, 0.3) is 0 Å². The Kier molecular flexibility index (Phi) is 5.00. The Hall–Kier alpha value is -1.35. The lowest BCUT2D eigenvalue weighted by Gasteiger charge is -2.14. The second kappa shape index (κ2) is 6.87. The quantitative estimate of drug-likeness (QED) is 0.654. The molecule has 1 unspecified atom stereocenters. The molecule has 2 aromatic heterocycles. The molecule has 1 aliphatic carbocycles. The van der Waals surface area contributed by atoms with E-state index in [-0.39, 0.29) is 0 Å². The number of aromatic nitrogens is 2. The van der Waals surface area contributed by atoms with Crippen LogP contribution in [0, 0.1) is 0 Å². The molecule has 1 amide bonds. The number of halogens is 3. The van der Waals surface area contributed by atoms with E-state index in [2.05, 4.69) is 9.97 Å².